The van der Waals surface area contributed by atoms with Crippen LogP contribution in [0.15, 0.2) is 24.3 Å². The van der Waals surface area contributed by atoms with Crippen LogP contribution in [0.25, 0.3) is 0 Å². The van der Waals surface area contributed by atoms with Gasteiger partial charge >= 0.3 is 0 Å². The summed E-state index contributed by atoms with van der Waals surface area (Å²) in [6.07, 6.45) is 7.45. The largest absolute Gasteiger partial charge is 0.374 e. The van der Waals surface area contributed by atoms with Gasteiger partial charge in [0.15, 0.2) is 0 Å². The number of imide groups is 1. The molecule has 2 amide bonds. The number of anilines is 1. The highest BCUT2D eigenvalue weighted by atomic mass is 16.2. The SMILES string of the molecule is O=C1CCC(Nc2ccc(C3CCN(CCC4CCNCC4)CC3)cc2)C(=O)N1. The first-order valence-corrected chi connectivity index (χ1v) is 11.3. The van der Waals surface area contributed by atoms with E-state index >= 15 is 0 Å². The van der Waals surface area contributed by atoms with Crippen molar-refractivity contribution in [1.82, 2.24) is 15.5 Å². The van der Waals surface area contributed by atoms with E-state index in [0.29, 0.717) is 18.8 Å². The van der Waals surface area contributed by atoms with E-state index in [2.05, 4.69) is 45.1 Å². The molecule has 1 aromatic carbocycles. The second-order valence-electron chi connectivity index (χ2n) is 8.87. The number of hydrogen-bond acceptors (Lipinski definition) is 5. The predicted molar refractivity (Wildman–Crippen MR) is 115 cm³/mol. The number of amides is 2. The van der Waals surface area contributed by atoms with Crippen LogP contribution in [0, 0.1) is 5.92 Å². The maximum atomic E-state index is 11.9. The molecule has 3 fully saturated rings. The van der Waals surface area contributed by atoms with Gasteiger partial charge in [0.1, 0.15) is 6.04 Å². The topological polar surface area (TPSA) is 73.5 Å². The van der Waals surface area contributed by atoms with Gasteiger partial charge in [-0.05, 0) is 101 Å². The minimum atomic E-state index is -0.318. The minimum Gasteiger partial charge on any atom is -0.374 e. The van der Waals surface area contributed by atoms with E-state index in [-0.39, 0.29) is 17.9 Å². The van der Waals surface area contributed by atoms with Crippen LogP contribution in [0.1, 0.15) is 56.4 Å². The number of benzene rings is 1. The summed E-state index contributed by atoms with van der Waals surface area (Å²) >= 11 is 0. The predicted octanol–water partition coefficient (Wildman–Crippen LogP) is 2.47. The Labute approximate surface area is 173 Å². The fraction of sp³-hybridized carbons (Fsp3) is 0.652. The summed E-state index contributed by atoms with van der Waals surface area (Å²) in [4.78, 5) is 25.8. The molecule has 0 bridgehead atoms. The highest BCUT2D eigenvalue weighted by Crippen LogP contribution is 2.29. The number of likely N-dealkylation sites (tertiary alicyclic amines) is 1. The van der Waals surface area contributed by atoms with Crippen LogP contribution in [0.2, 0.25) is 0 Å². The fourth-order valence-corrected chi connectivity index (χ4v) is 4.91. The quantitative estimate of drug-likeness (QED) is 0.642. The van der Waals surface area contributed by atoms with Crippen molar-refractivity contribution in [2.75, 3.05) is 38.0 Å². The Morgan fingerprint density at radius 1 is 0.966 bits per heavy atom. The standard InChI is InChI=1S/C23H34N4O2/c28-22-6-5-21(23(29)26-22)25-20-3-1-18(2-4-20)19-10-15-27(16-11-19)14-9-17-7-12-24-13-8-17/h1-4,17,19,21,24-25H,5-16H2,(H,26,28,29). The lowest BCUT2D eigenvalue weighted by molar-refractivity contribution is -0.133. The van der Waals surface area contributed by atoms with Crippen molar-refractivity contribution >= 4 is 17.5 Å². The fourth-order valence-electron chi connectivity index (χ4n) is 4.91. The Balaban J connectivity index is 1.21. The van der Waals surface area contributed by atoms with Crippen molar-refractivity contribution < 1.29 is 9.59 Å². The normalized spacial score (nSPS) is 25.0. The van der Waals surface area contributed by atoms with Gasteiger partial charge in [-0.15, -0.1) is 0 Å². The first kappa shape index (κ1) is 20.4. The lowest BCUT2D eigenvalue weighted by atomic mass is 9.88. The number of piperidine rings is 3. The minimum absolute atomic E-state index is 0.175. The molecular weight excluding hydrogens is 364 g/mol. The van der Waals surface area contributed by atoms with E-state index < -0.39 is 0 Å². The number of nitrogens with one attached hydrogen (secondary N) is 3. The number of carbonyl (C=O) groups is 2. The van der Waals surface area contributed by atoms with E-state index in [0.717, 1.165) is 11.6 Å². The molecule has 0 radical (unpaired) electrons. The van der Waals surface area contributed by atoms with Crippen LogP contribution in [-0.4, -0.2) is 55.5 Å². The molecule has 6 nitrogen and oxygen atoms in total. The van der Waals surface area contributed by atoms with Gasteiger partial charge in [0, 0.05) is 12.1 Å². The summed E-state index contributed by atoms with van der Waals surface area (Å²) < 4.78 is 0. The molecule has 3 saturated heterocycles. The van der Waals surface area contributed by atoms with Gasteiger partial charge in [-0.2, -0.15) is 0 Å². The summed E-state index contributed by atoms with van der Waals surface area (Å²) in [7, 11) is 0. The summed E-state index contributed by atoms with van der Waals surface area (Å²) in [6, 6.07) is 8.22. The number of rotatable bonds is 6. The highest BCUT2D eigenvalue weighted by molar-refractivity contribution is 6.01. The van der Waals surface area contributed by atoms with Crippen molar-refractivity contribution in [1.29, 1.82) is 0 Å². The first-order chi connectivity index (χ1) is 14.2. The monoisotopic (exact) mass is 398 g/mol. The molecule has 3 N–H and O–H groups in total. The molecule has 158 valence electrons. The third-order valence-electron chi connectivity index (χ3n) is 6.86. The molecule has 4 rings (SSSR count). The van der Waals surface area contributed by atoms with E-state index in [1.54, 1.807) is 0 Å². The van der Waals surface area contributed by atoms with Gasteiger partial charge in [0.2, 0.25) is 11.8 Å². The second kappa shape index (κ2) is 9.72. The lowest BCUT2D eigenvalue weighted by Crippen LogP contribution is -2.47. The third-order valence-corrected chi connectivity index (χ3v) is 6.86. The molecule has 6 heteroatoms. The summed E-state index contributed by atoms with van der Waals surface area (Å²) in [5.74, 6) is 1.15. The van der Waals surface area contributed by atoms with E-state index in [4.69, 9.17) is 0 Å². The molecule has 3 aliphatic rings. The number of hydrogen-bond donors (Lipinski definition) is 3. The van der Waals surface area contributed by atoms with Gasteiger partial charge in [-0.25, -0.2) is 0 Å². The van der Waals surface area contributed by atoms with Gasteiger partial charge in [0.25, 0.3) is 0 Å². The van der Waals surface area contributed by atoms with Crippen molar-refractivity contribution in [3.8, 4) is 0 Å². The molecule has 1 aromatic rings. The molecule has 0 aliphatic carbocycles. The molecule has 1 unspecified atom stereocenters. The molecule has 3 aliphatic heterocycles. The molecular formula is C23H34N4O2. The molecule has 0 saturated carbocycles. The van der Waals surface area contributed by atoms with Crippen LogP contribution < -0.4 is 16.0 Å². The zero-order valence-electron chi connectivity index (χ0n) is 17.3. The van der Waals surface area contributed by atoms with Crippen LogP contribution in [0.5, 0.6) is 0 Å². The van der Waals surface area contributed by atoms with Gasteiger partial charge in [-0.3, -0.25) is 14.9 Å². The maximum absolute atomic E-state index is 11.9. The molecule has 0 spiro atoms. The zero-order valence-corrected chi connectivity index (χ0v) is 17.3. The van der Waals surface area contributed by atoms with Crippen molar-refractivity contribution in [2.45, 2.75) is 56.9 Å². The summed E-state index contributed by atoms with van der Waals surface area (Å²) in [5, 5.41) is 9.11. The van der Waals surface area contributed by atoms with Gasteiger partial charge in [-0.1, -0.05) is 12.1 Å². The second-order valence-corrected chi connectivity index (χ2v) is 8.87. The Morgan fingerprint density at radius 2 is 1.69 bits per heavy atom. The molecule has 3 heterocycles. The molecule has 0 aromatic heterocycles. The smallest absolute Gasteiger partial charge is 0.249 e. The van der Waals surface area contributed by atoms with Crippen LogP contribution in [-0.2, 0) is 9.59 Å². The van der Waals surface area contributed by atoms with Crippen molar-refractivity contribution in [3.05, 3.63) is 29.8 Å². The first-order valence-electron chi connectivity index (χ1n) is 11.3. The van der Waals surface area contributed by atoms with Crippen LogP contribution in [0.4, 0.5) is 5.69 Å². The zero-order chi connectivity index (χ0) is 20.1. The van der Waals surface area contributed by atoms with Crippen molar-refractivity contribution in [2.24, 2.45) is 5.92 Å². The Bertz CT molecular complexity index is 691. The number of carbonyl (C=O) groups excluding carboxylic acids is 2. The van der Waals surface area contributed by atoms with E-state index in [1.807, 2.05) is 0 Å². The summed E-state index contributed by atoms with van der Waals surface area (Å²) in [5.41, 5.74) is 2.35. The van der Waals surface area contributed by atoms with Crippen LogP contribution in [0.3, 0.4) is 0 Å². The average Bonchev–Trinajstić information content (AvgIpc) is 2.76. The summed E-state index contributed by atoms with van der Waals surface area (Å²) in [6.45, 7) is 6.05. The third kappa shape index (κ3) is 5.58. The van der Waals surface area contributed by atoms with Gasteiger partial charge in [0.05, 0.1) is 0 Å². The van der Waals surface area contributed by atoms with E-state index in [9.17, 15) is 9.59 Å². The lowest BCUT2D eigenvalue weighted by Gasteiger charge is -2.33. The molecule has 1 atom stereocenters. The Morgan fingerprint density at radius 3 is 2.38 bits per heavy atom. The molecule has 29 heavy (non-hydrogen) atoms. The number of nitrogens with zero attached hydrogens (tertiary/aromatic N) is 1. The Kier molecular flexibility index (Phi) is 6.82. The maximum Gasteiger partial charge on any atom is 0.249 e. The highest BCUT2D eigenvalue weighted by Gasteiger charge is 2.26. The van der Waals surface area contributed by atoms with Crippen LogP contribution >= 0.6 is 0 Å². The van der Waals surface area contributed by atoms with Gasteiger partial charge < -0.3 is 15.5 Å². The average molecular weight is 399 g/mol. The van der Waals surface area contributed by atoms with E-state index in [1.165, 1.54) is 70.4 Å². The van der Waals surface area contributed by atoms with Crippen molar-refractivity contribution in [3.63, 3.8) is 0 Å². The Hall–Kier alpha value is -1.92.